The second kappa shape index (κ2) is 5.03. The predicted octanol–water partition coefficient (Wildman–Crippen LogP) is 1.63. The van der Waals surface area contributed by atoms with Crippen LogP contribution in [0.1, 0.15) is 40.0 Å². The topological polar surface area (TPSA) is 24.5 Å². The third-order valence-corrected chi connectivity index (χ3v) is 3.79. The van der Waals surface area contributed by atoms with Crippen molar-refractivity contribution in [1.82, 2.24) is 10.2 Å². The molecule has 2 aliphatic heterocycles. The highest BCUT2D eigenvalue weighted by atomic mass is 16.5. The van der Waals surface area contributed by atoms with Crippen LogP contribution in [0.3, 0.4) is 0 Å². The maximum atomic E-state index is 6.12. The van der Waals surface area contributed by atoms with Gasteiger partial charge in [-0.05, 0) is 46.6 Å². The van der Waals surface area contributed by atoms with Crippen LogP contribution in [0.2, 0.25) is 0 Å². The smallest absolute Gasteiger partial charge is 0.0715 e. The number of nitrogens with zero attached hydrogens (tertiary/aromatic N) is 1. The Bertz CT molecular complexity index is 210. The fraction of sp³-hybridized carbons (Fsp3) is 1.00. The third-order valence-electron chi connectivity index (χ3n) is 3.79. The molecule has 3 nitrogen and oxygen atoms in total. The molecule has 3 heteroatoms. The lowest BCUT2D eigenvalue weighted by molar-refractivity contribution is -0.0462. The summed E-state index contributed by atoms with van der Waals surface area (Å²) in [6, 6.07) is 0. The van der Waals surface area contributed by atoms with E-state index in [1.54, 1.807) is 0 Å². The summed E-state index contributed by atoms with van der Waals surface area (Å²) in [4.78, 5) is 2.57. The summed E-state index contributed by atoms with van der Waals surface area (Å²) in [6.07, 6.45) is 4.58. The number of piperidine rings is 1. The molecule has 2 fully saturated rings. The van der Waals surface area contributed by atoms with Gasteiger partial charge in [-0.15, -0.1) is 0 Å². The number of ether oxygens (including phenoxy) is 1. The Labute approximate surface area is 99.5 Å². The fourth-order valence-electron chi connectivity index (χ4n) is 2.68. The minimum atomic E-state index is 0.319. The summed E-state index contributed by atoms with van der Waals surface area (Å²) in [7, 11) is 0. The Kier molecular flexibility index (Phi) is 3.88. The quantitative estimate of drug-likeness (QED) is 0.774. The standard InChI is InChI=1S/C13H26N2O/c1-13(2,3)15-8-5-11(6-9-15)16-12-4-7-14-10-12/h11-12,14H,4-10H2,1-3H3. The van der Waals surface area contributed by atoms with E-state index in [1.165, 1.54) is 32.4 Å². The maximum Gasteiger partial charge on any atom is 0.0715 e. The van der Waals surface area contributed by atoms with Gasteiger partial charge in [0.1, 0.15) is 0 Å². The Morgan fingerprint density at radius 2 is 1.75 bits per heavy atom. The number of nitrogens with one attached hydrogen (secondary N) is 1. The molecule has 0 bridgehead atoms. The highest BCUT2D eigenvalue weighted by molar-refractivity contribution is 4.83. The van der Waals surface area contributed by atoms with E-state index in [1.807, 2.05) is 0 Å². The molecule has 0 radical (unpaired) electrons. The summed E-state index contributed by atoms with van der Waals surface area (Å²) >= 11 is 0. The zero-order chi connectivity index (χ0) is 11.6. The van der Waals surface area contributed by atoms with Gasteiger partial charge in [0.2, 0.25) is 0 Å². The van der Waals surface area contributed by atoms with Crippen LogP contribution in [-0.4, -0.2) is 48.8 Å². The molecule has 0 aromatic carbocycles. The normalized spacial score (nSPS) is 29.8. The molecule has 0 amide bonds. The molecule has 0 aromatic heterocycles. The Hall–Kier alpha value is -0.120. The zero-order valence-electron chi connectivity index (χ0n) is 11.0. The van der Waals surface area contributed by atoms with Crippen molar-refractivity contribution in [2.45, 2.75) is 57.8 Å². The zero-order valence-corrected chi connectivity index (χ0v) is 11.0. The van der Waals surface area contributed by atoms with Crippen LogP contribution in [0.5, 0.6) is 0 Å². The van der Waals surface area contributed by atoms with Crippen LogP contribution in [0.15, 0.2) is 0 Å². The predicted molar refractivity (Wildman–Crippen MR) is 66.7 cm³/mol. The minimum absolute atomic E-state index is 0.319. The number of hydrogen-bond donors (Lipinski definition) is 1. The lowest BCUT2D eigenvalue weighted by Gasteiger charge is -2.41. The van der Waals surface area contributed by atoms with Gasteiger partial charge >= 0.3 is 0 Å². The first kappa shape index (κ1) is 12.3. The van der Waals surface area contributed by atoms with E-state index < -0.39 is 0 Å². The Morgan fingerprint density at radius 1 is 1.06 bits per heavy atom. The van der Waals surface area contributed by atoms with Crippen LogP contribution in [0, 0.1) is 0 Å². The van der Waals surface area contributed by atoms with Crippen LogP contribution in [0.25, 0.3) is 0 Å². The molecule has 1 atom stereocenters. The van der Waals surface area contributed by atoms with Crippen molar-refractivity contribution < 1.29 is 4.74 Å². The molecule has 2 aliphatic rings. The first-order valence-electron chi connectivity index (χ1n) is 6.67. The van der Waals surface area contributed by atoms with Gasteiger partial charge in [-0.2, -0.15) is 0 Å². The van der Waals surface area contributed by atoms with Crippen LogP contribution in [-0.2, 0) is 4.74 Å². The minimum Gasteiger partial charge on any atom is -0.374 e. The van der Waals surface area contributed by atoms with Crippen molar-refractivity contribution in [3.8, 4) is 0 Å². The van der Waals surface area contributed by atoms with Gasteiger partial charge in [-0.1, -0.05) is 0 Å². The summed E-state index contributed by atoms with van der Waals surface area (Å²) in [5, 5.41) is 3.36. The second-order valence-corrected chi connectivity index (χ2v) is 6.11. The van der Waals surface area contributed by atoms with Gasteiger partial charge in [0.25, 0.3) is 0 Å². The lowest BCUT2D eigenvalue weighted by atomic mass is 9.99. The lowest BCUT2D eigenvalue weighted by Crippen LogP contribution is -2.48. The molecule has 1 unspecified atom stereocenters. The number of hydrogen-bond acceptors (Lipinski definition) is 3. The Balaban J connectivity index is 1.72. The van der Waals surface area contributed by atoms with Crippen LogP contribution in [0.4, 0.5) is 0 Å². The van der Waals surface area contributed by atoms with E-state index in [2.05, 4.69) is 31.0 Å². The van der Waals surface area contributed by atoms with E-state index in [0.29, 0.717) is 17.7 Å². The van der Waals surface area contributed by atoms with Crippen molar-refractivity contribution in [3.63, 3.8) is 0 Å². The van der Waals surface area contributed by atoms with Crippen LogP contribution >= 0.6 is 0 Å². The van der Waals surface area contributed by atoms with Gasteiger partial charge in [0.15, 0.2) is 0 Å². The number of likely N-dealkylation sites (tertiary alicyclic amines) is 1. The van der Waals surface area contributed by atoms with Gasteiger partial charge in [-0.25, -0.2) is 0 Å². The van der Waals surface area contributed by atoms with Crippen molar-refractivity contribution in [3.05, 3.63) is 0 Å². The summed E-state index contributed by atoms with van der Waals surface area (Å²) < 4.78 is 6.12. The molecular weight excluding hydrogens is 200 g/mol. The molecule has 2 saturated heterocycles. The number of rotatable bonds is 2. The molecule has 2 heterocycles. The summed E-state index contributed by atoms with van der Waals surface area (Å²) in [5.74, 6) is 0. The highest BCUT2D eigenvalue weighted by Gasteiger charge is 2.29. The van der Waals surface area contributed by atoms with Crippen molar-refractivity contribution >= 4 is 0 Å². The van der Waals surface area contributed by atoms with Gasteiger partial charge in [0.05, 0.1) is 12.2 Å². The second-order valence-electron chi connectivity index (χ2n) is 6.11. The third kappa shape index (κ3) is 3.19. The average Bonchev–Trinajstić information content (AvgIpc) is 2.70. The van der Waals surface area contributed by atoms with Crippen molar-refractivity contribution in [2.24, 2.45) is 0 Å². The molecule has 0 spiro atoms. The summed E-state index contributed by atoms with van der Waals surface area (Å²) in [5.41, 5.74) is 0.319. The first-order valence-corrected chi connectivity index (χ1v) is 6.67. The largest absolute Gasteiger partial charge is 0.374 e. The van der Waals surface area contributed by atoms with Crippen molar-refractivity contribution in [2.75, 3.05) is 26.2 Å². The van der Waals surface area contributed by atoms with Gasteiger partial charge < -0.3 is 10.1 Å². The first-order chi connectivity index (χ1) is 7.55. The Morgan fingerprint density at radius 3 is 2.25 bits per heavy atom. The molecular formula is C13H26N2O. The highest BCUT2D eigenvalue weighted by Crippen LogP contribution is 2.23. The van der Waals surface area contributed by atoms with Gasteiger partial charge in [-0.3, -0.25) is 4.90 Å². The fourth-order valence-corrected chi connectivity index (χ4v) is 2.68. The van der Waals surface area contributed by atoms with Crippen molar-refractivity contribution in [1.29, 1.82) is 0 Å². The molecule has 16 heavy (non-hydrogen) atoms. The summed E-state index contributed by atoms with van der Waals surface area (Å²) in [6.45, 7) is 11.5. The van der Waals surface area contributed by atoms with Gasteiger partial charge in [0, 0.05) is 25.2 Å². The van der Waals surface area contributed by atoms with E-state index in [4.69, 9.17) is 4.74 Å². The molecule has 2 rings (SSSR count). The molecule has 0 aliphatic carbocycles. The SMILES string of the molecule is CC(C)(C)N1CCC(OC2CCNC2)CC1. The molecule has 0 saturated carbocycles. The molecule has 1 N–H and O–H groups in total. The van der Waals surface area contributed by atoms with E-state index >= 15 is 0 Å². The van der Waals surface area contributed by atoms with E-state index in [-0.39, 0.29) is 0 Å². The monoisotopic (exact) mass is 226 g/mol. The van der Waals surface area contributed by atoms with E-state index in [0.717, 1.165) is 13.1 Å². The molecule has 94 valence electrons. The van der Waals surface area contributed by atoms with Crippen LogP contribution < -0.4 is 5.32 Å². The molecule has 0 aromatic rings. The maximum absolute atomic E-state index is 6.12. The average molecular weight is 226 g/mol. The van der Waals surface area contributed by atoms with E-state index in [9.17, 15) is 0 Å².